The number of nitro benzene ring substituents is 1. The van der Waals surface area contributed by atoms with E-state index >= 15 is 0 Å². The highest BCUT2D eigenvalue weighted by Crippen LogP contribution is 2.44. The number of benzene rings is 1. The molecule has 0 bridgehead atoms. The Hall–Kier alpha value is -2.04. The summed E-state index contributed by atoms with van der Waals surface area (Å²) >= 11 is 11.6. The topological polar surface area (TPSA) is 103 Å². The zero-order valence-corrected chi connectivity index (χ0v) is 10.2. The molecule has 2 N–H and O–H groups in total. The molecule has 0 aromatic heterocycles. The van der Waals surface area contributed by atoms with Crippen molar-refractivity contribution in [1.29, 1.82) is 5.26 Å². The fraction of sp³-hybridized carbons (Fsp3) is 0.111. The quantitative estimate of drug-likeness (QED) is 0.469. The Balaban J connectivity index is 2.62. The first-order chi connectivity index (χ1) is 8.54. The highest BCUT2D eigenvalue weighted by atomic mass is 35.5. The molecule has 1 aromatic carbocycles. The minimum absolute atomic E-state index is 0.0806. The lowest BCUT2D eigenvalue weighted by atomic mass is 10.2. The molecule has 18 heavy (non-hydrogen) atoms. The Bertz CT molecular complexity index is 608. The number of fused-ring (bicyclic) bond motifs is 1. The maximum atomic E-state index is 11.0. The van der Waals surface area contributed by atoms with Crippen LogP contribution in [0.25, 0.3) is 0 Å². The van der Waals surface area contributed by atoms with Gasteiger partial charge in [0, 0.05) is 0 Å². The monoisotopic (exact) mass is 285 g/mol. The number of nitriles is 1. The maximum Gasteiger partial charge on any atom is 0.314 e. The van der Waals surface area contributed by atoms with E-state index in [0.29, 0.717) is 5.69 Å². The number of aliphatic imine (C=N–C) groups is 1. The summed E-state index contributed by atoms with van der Waals surface area (Å²) in [5, 5.41) is 24.9. The van der Waals surface area contributed by atoms with Crippen LogP contribution in [-0.4, -0.2) is 17.3 Å². The van der Waals surface area contributed by atoms with Gasteiger partial charge in [0.15, 0.2) is 0 Å². The molecule has 0 unspecified atom stereocenters. The van der Waals surface area contributed by atoms with Gasteiger partial charge in [-0.25, -0.2) is 0 Å². The molecule has 1 heterocycles. The molecule has 0 radical (unpaired) electrons. The van der Waals surface area contributed by atoms with E-state index in [1.807, 2.05) is 0 Å². The lowest BCUT2D eigenvalue weighted by Crippen LogP contribution is -2.28. The van der Waals surface area contributed by atoms with Crippen molar-refractivity contribution in [2.75, 3.05) is 17.2 Å². The third-order valence-corrected chi connectivity index (χ3v) is 3.06. The Morgan fingerprint density at radius 3 is 2.89 bits per heavy atom. The van der Waals surface area contributed by atoms with Gasteiger partial charge in [0.05, 0.1) is 22.2 Å². The number of nitrogens with zero attached hydrogens (tertiary/aromatic N) is 3. The Morgan fingerprint density at radius 1 is 1.56 bits per heavy atom. The molecular formula is C9H5Cl2N5O2. The van der Waals surface area contributed by atoms with E-state index in [0.717, 1.165) is 0 Å². The van der Waals surface area contributed by atoms with Crippen molar-refractivity contribution < 1.29 is 4.92 Å². The van der Waals surface area contributed by atoms with E-state index in [1.54, 1.807) is 6.19 Å². The summed E-state index contributed by atoms with van der Waals surface area (Å²) in [4.78, 5) is 13.8. The van der Waals surface area contributed by atoms with Crippen LogP contribution in [0.2, 0.25) is 10.0 Å². The Labute approximate surface area is 111 Å². The van der Waals surface area contributed by atoms with Crippen molar-refractivity contribution in [3.8, 4) is 6.19 Å². The number of nitro groups is 1. The zero-order valence-electron chi connectivity index (χ0n) is 8.70. The molecule has 0 saturated carbocycles. The number of rotatable bonds is 1. The van der Waals surface area contributed by atoms with Crippen LogP contribution in [0.1, 0.15) is 0 Å². The highest BCUT2D eigenvalue weighted by Gasteiger charge is 2.28. The van der Waals surface area contributed by atoms with Crippen molar-refractivity contribution >= 4 is 46.1 Å². The van der Waals surface area contributed by atoms with E-state index in [4.69, 9.17) is 28.5 Å². The molecule has 1 aromatic rings. The standard InChI is InChI=1S/C9H5Cl2N5O2/c10-4-1-5-8(9(7(4)11)16(17)18)15-6(2-13-5)14-3-12/h1,13H,2H2,(H,14,15). The predicted molar refractivity (Wildman–Crippen MR) is 68.3 cm³/mol. The van der Waals surface area contributed by atoms with Gasteiger partial charge in [-0.2, -0.15) is 10.3 Å². The van der Waals surface area contributed by atoms with Gasteiger partial charge < -0.3 is 10.6 Å². The van der Waals surface area contributed by atoms with Gasteiger partial charge in [0.2, 0.25) is 6.19 Å². The summed E-state index contributed by atoms with van der Waals surface area (Å²) in [6, 6.07) is 1.47. The summed E-state index contributed by atoms with van der Waals surface area (Å²) < 4.78 is 0. The second-order valence-corrected chi connectivity index (χ2v) is 4.12. The fourth-order valence-electron chi connectivity index (χ4n) is 1.55. The fourth-order valence-corrected chi connectivity index (χ4v) is 1.96. The van der Waals surface area contributed by atoms with Crippen LogP contribution in [0.4, 0.5) is 17.1 Å². The van der Waals surface area contributed by atoms with E-state index in [-0.39, 0.29) is 33.8 Å². The number of amidine groups is 1. The number of hydrogen-bond acceptors (Lipinski definition) is 5. The maximum absolute atomic E-state index is 11.0. The average Bonchev–Trinajstić information content (AvgIpc) is 2.31. The molecule has 0 atom stereocenters. The van der Waals surface area contributed by atoms with Gasteiger partial charge in [-0.1, -0.05) is 23.2 Å². The molecule has 0 spiro atoms. The smallest absolute Gasteiger partial charge is 0.314 e. The molecule has 0 fully saturated rings. The first-order valence-corrected chi connectivity index (χ1v) is 5.43. The summed E-state index contributed by atoms with van der Waals surface area (Å²) in [5.41, 5.74) is 0.236. The summed E-state index contributed by atoms with van der Waals surface area (Å²) in [6.07, 6.45) is 1.60. The van der Waals surface area contributed by atoms with Crippen molar-refractivity contribution in [3.63, 3.8) is 0 Å². The van der Waals surface area contributed by atoms with E-state index in [2.05, 4.69) is 15.6 Å². The SMILES string of the molecule is N#CN=C1CNc2cc(Cl)c(Cl)c([N+](=O)[O-])c2N1. The molecule has 9 heteroatoms. The number of hydrogen-bond donors (Lipinski definition) is 2. The molecule has 92 valence electrons. The number of anilines is 2. The minimum Gasteiger partial charge on any atom is -0.376 e. The summed E-state index contributed by atoms with van der Waals surface area (Å²) in [6.45, 7) is 0.246. The van der Waals surface area contributed by atoms with Crippen molar-refractivity contribution in [2.45, 2.75) is 0 Å². The van der Waals surface area contributed by atoms with Gasteiger partial charge in [-0.05, 0) is 6.07 Å². The van der Waals surface area contributed by atoms with Gasteiger partial charge in [0.1, 0.15) is 16.5 Å². The van der Waals surface area contributed by atoms with Gasteiger partial charge >= 0.3 is 5.69 Å². The van der Waals surface area contributed by atoms with Crippen molar-refractivity contribution in [2.24, 2.45) is 4.99 Å². The second-order valence-electron chi connectivity index (χ2n) is 3.34. The first-order valence-electron chi connectivity index (χ1n) is 4.67. The molecule has 1 aliphatic rings. The third-order valence-electron chi connectivity index (χ3n) is 2.28. The van der Waals surface area contributed by atoms with Gasteiger partial charge in [-0.15, -0.1) is 0 Å². The van der Waals surface area contributed by atoms with E-state index < -0.39 is 4.92 Å². The summed E-state index contributed by atoms with van der Waals surface area (Å²) in [7, 11) is 0. The highest BCUT2D eigenvalue weighted by molar-refractivity contribution is 6.44. The van der Waals surface area contributed by atoms with Gasteiger partial charge in [-0.3, -0.25) is 10.1 Å². The molecule has 0 amide bonds. The largest absolute Gasteiger partial charge is 0.376 e. The summed E-state index contributed by atoms with van der Waals surface area (Å²) in [5.74, 6) is 0.270. The predicted octanol–water partition coefficient (Wildman–Crippen LogP) is 2.62. The third kappa shape index (κ3) is 2.03. The second kappa shape index (κ2) is 4.68. The molecule has 0 aliphatic carbocycles. The number of nitrogens with one attached hydrogen (secondary N) is 2. The normalized spacial score (nSPS) is 15.3. The van der Waals surface area contributed by atoms with Crippen LogP contribution >= 0.6 is 23.2 Å². The zero-order chi connectivity index (χ0) is 13.3. The minimum atomic E-state index is -0.642. The van der Waals surface area contributed by atoms with Crippen molar-refractivity contribution in [1.82, 2.24) is 0 Å². The lowest BCUT2D eigenvalue weighted by molar-refractivity contribution is -0.383. The lowest BCUT2D eigenvalue weighted by Gasteiger charge is -2.21. The van der Waals surface area contributed by atoms with Gasteiger partial charge in [0.25, 0.3) is 0 Å². The van der Waals surface area contributed by atoms with Crippen LogP contribution in [0.5, 0.6) is 0 Å². The van der Waals surface area contributed by atoms with Crippen LogP contribution < -0.4 is 10.6 Å². The van der Waals surface area contributed by atoms with E-state index in [9.17, 15) is 10.1 Å². The molecule has 2 rings (SSSR count). The van der Waals surface area contributed by atoms with Crippen LogP contribution in [-0.2, 0) is 0 Å². The number of halogens is 2. The van der Waals surface area contributed by atoms with E-state index in [1.165, 1.54) is 6.07 Å². The molecule has 7 nitrogen and oxygen atoms in total. The van der Waals surface area contributed by atoms with Crippen LogP contribution in [0.15, 0.2) is 11.1 Å². The Morgan fingerprint density at radius 2 is 2.28 bits per heavy atom. The van der Waals surface area contributed by atoms with Crippen molar-refractivity contribution in [3.05, 3.63) is 26.2 Å². The molecular weight excluding hydrogens is 281 g/mol. The van der Waals surface area contributed by atoms with Crippen LogP contribution in [0.3, 0.4) is 0 Å². The molecule has 1 aliphatic heterocycles. The average molecular weight is 286 g/mol. The Kier molecular flexibility index (Phi) is 3.23. The van der Waals surface area contributed by atoms with Crippen LogP contribution in [0, 0.1) is 21.6 Å². The molecule has 0 saturated heterocycles. The first kappa shape index (κ1) is 12.4.